The highest BCUT2D eigenvalue weighted by molar-refractivity contribution is 4.81. The van der Waals surface area contributed by atoms with Crippen LogP contribution in [0.3, 0.4) is 0 Å². The van der Waals surface area contributed by atoms with E-state index in [-0.39, 0.29) is 0 Å². The fourth-order valence-corrected chi connectivity index (χ4v) is 2.38. The Hall–Kier alpha value is -0.120. The van der Waals surface area contributed by atoms with E-state index in [0.717, 1.165) is 38.8 Å². The summed E-state index contributed by atoms with van der Waals surface area (Å²) in [5.74, 6) is 0.879. The Balaban J connectivity index is 2.12. The smallest absolute Gasteiger partial charge is 0.0593 e. The molecule has 1 unspecified atom stereocenters. The lowest BCUT2D eigenvalue weighted by atomic mass is 9.84. The maximum Gasteiger partial charge on any atom is 0.0593 e. The van der Waals surface area contributed by atoms with Gasteiger partial charge >= 0.3 is 0 Å². The average Bonchev–Trinajstić information content (AvgIpc) is 3.17. The third-order valence-electron chi connectivity index (χ3n) is 4.15. The van der Waals surface area contributed by atoms with Crippen LogP contribution in [0.5, 0.6) is 0 Å². The van der Waals surface area contributed by atoms with Crippen LogP contribution in [0.4, 0.5) is 0 Å². The van der Waals surface area contributed by atoms with Crippen molar-refractivity contribution in [3.63, 3.8) is 0 Å². The predicted molar refractivity (Wildman–Crippen MR) is 87.2 cm³/mol. The average molecular weight is 284 g/mol. The molecule has 120 valence electrons. The lowest BCUT2D eigenvalue weighted by molar-refractivity contribution is 0.100. The zero-order valence-electron chi connectivity index (χ0n) is 14.4. The normalized spacial score (nSPS) is 17.7. The van der Waals surface area contributed by atoms with E-state index in [1.54, 1.807) is 0 Å². The number of hydrogen-bond donors (Lipinski definition) is 1. The molecule has 1 N–H and O–H groups in total. The number of nitrogens with one attached hydrogen (secondary N) is 1. The van der Waals surface area contributed by atoms with Crippen LogP contribution >= 0.6 is 0 Å². The molecule has 0 aromatic rings. The molecule has 0 radical (unpaired) electrons. The second kappa shape index (κ2) is 9.01. The Bertz CT molecular complexity index is 246. The van der Waals surface area contributed by atoms with Gasteiger partial charge in [0.05, 0.1) is 6.61 Å². The Morgan fingerprint density at radius 1 is 1.25 bits per heavy atom. The second-order valence-electron chi connectivity index (χ2n) is 7.48. The molecule has 0 spiro atoms. The van der Waals surface area contributed by atoms with E-state index in [2.05, 4.69) is 45.0 Å². The molecule has 1 rings (SSSR count). The standard InChI is InChI=1S/C17H36N2O/c1-6-10-18-16(17(2,3)4)9-11-19(5)12-13-20-14-15-7-8-15/h15-16,18H,6-14H2,1-5H3. The second-order valence-corrected chi connectivity index (χ2v) is 7.48. The van der Waals surface area contributed by atoms with Gasteiger partial charge in [0.15, 0.2) is 0 Å². The molecule has 0 saturated heterocycles. The van der Waals surface area contributed by atoms with Gasteiger partial charge in [-0.05, 0) is 57.2 Å². The molecule has 3 heteroatoms. The molecular weight excluding hydrogens is 248 g/mol. The Kier molecular flexibility index (Phi) is 8.08. The van der Waals surface area contributed by atoms with Gasteiger partial charge in [0.2, 0.25) is 0 Å². The molecule has 0 aromatic carbocycles. The van der Waals surface area contributed by atoms with E-state index in [9.17, 15) is 0 Å². The van der Waals surface area contributed by atoms with Crippen molar-refractivity contribution in [2.45, 2.75) is 59.4 Å². The van der Waals surface area contributed by atoms with Crippen LogP contribution in [0.1, 0.15) is 53.4 Å². The minimum atomic E-state index is 0.332. The topological polar surface area (TPSA) is 24.5 Å². The van der Waals surface area contributed by atoms with Gasteiger partial charge in [-0.1, -0.05) is 27.7 Å². The zero-order valence-corrected chi connectivity index (χ0v) is 14.4. The van der Waals surface area contributed by atoms with Gasteiger partial charge in [-0.2, -0.15) is 0 Å². The zero-order chi connectivity index (χ0) is 15.0. The van der Waals surface area contributed by atoms with Gasteiger partial charge in [-0.15, -0.1) is 0 Å². The van der Waals surface area contributed by atoms with E-state index in [1.807, 2.05) is 0 Å². The number of ether oxygens (including phenoxy) is 1. The van der Waals surface area contributed by atoms with Crippen LogP contribution in [0.2, 0.25) is 0 Å². The monoisotopic (exact) mass is 284 g/mol. The molecule has 1 aliphatic rings. The fourth-order valence-electron chi connectivity index (χ4n) is 2.38. The molecule has 1 atom stereocenters. The van der Waals surface area contributed by atoms with Crippen LogP contribution in [-0.4, -0.2) is 50.8 Å². The minimum absolute atomic E-state index is 0.332. The van der Waals surface area contributed by atoms with E-state index in [1.165, 1.54) is 25.7 Å². The fraction of sp³-hybridized carbons (Fsp3) is 1.00. The van der Waals surface area contributed by atoms with Crippen LogP contribution in [-0.2, 0) is 4.74 Å². The van der Waals surface area contributed by atoms with Gasteiger partial charge < -0.3 is 15.0 Å². The Morgan fingerprint density at radius 3 is 2.50 bits per heavy atom. The van der Waals surface area contributed by atoms with E-state index < -0.39 is 0 Å². The maximum atomic E-state index is 5.71. The highest BCUT2D eigenvalue weighted by atomic mass is 16.5. The number of likely N-dealkylation sites (N-methyl/N-ethyl adjacent to an activating group) is 1. The summed E-state index contributed by atoms with van der Waals surface area (Å²) < 4.78 is 5.71. The lowest BCUT2D eigenvalue weighted by Gasteiger charge is -2.33. The SMILES string of the molecule is CCCNC(CCN(C)CCOCC1CC1)C(C)(C)C. The van der Waals surface area contributed by atoms with E-state index in [0.29, 0.717) is 11.5 Å². The molecule has 0 amide bonds. The molecule has 3 nitrogen and oxygen atoms in total. The van der Waals surface area contributed by atoms with Crippen LogP contribution in [0, 0.1) is 11.3 Å². The molecular formula is C17H36N2O. The molecule has 0 aliphatic heterocycles. The first-order valence-electron chi connectivity index (χ1n) is 8.43. The minimum Gasteiger partial charge on any atom is -0.380 e. The summed E-state index contributed by atoms with van der Waals surface area (Å²) in [5.41, 5.74) is 0.332. The van der Waals surface area contributed by atoms with Crippen molar-refractivity contribution < 1.29 is 4.74 Å². The van der Waals surface area contributed by atoms with Crippen LogP contribution < -0.4 is 5.32 Å². The number of rotatable bonds is 11. The van der Waals surface area contributed by atoms with Crippen LogP contribution in [0.15, 0.2) is 0 Å². The maximum absolute atomic E-state index is 5.71. The largest absolute Gasteiger partial charge is 0.380 e. The van der Waals surface area contributed by atoms with Crippen molar-refractivity contribution in [3.05, 3.63) is 0 Å². The van der Waals surface area contributed by atoms with E-state index in [4.69, 9.17) is 4.74 Å². The van der Waals surface area contributed by atoms with Crippen molar-refractivity contribution in [2.24, 2.45) is 11.3 Å². The van der Waals surface area contributed by atoms with Gasteiger partial charge in [0, 0.05) is 19.2 Å². The summed E-state index contributed by atoms with van der Waals surface area (Å²) in [4.78, 5) is 2.40. The molecule has 0 aromatic heterocycles. The highest BCUT2D eigenvalue weighted by Crippen LogP contribution is 2.28. The van der Waals surface area contributed by atoms with Crippen molar-refractivity contribution in [3.8, 4) is 0 Å². The van der Waals surface area contributed by atoms with Crippen molar-refractivity contribution in [1.82, 2.24) is 10.2 Å². The molecule has 1 saturated carbocycles. The first-order chi connectivity index (χ1) is 9.43. The van der Waals surface area contributed by atoms with Crippen molar-refractivity contribution in [1.29, 1.82) is 0 Å². The third kappa shape index (κ3) is 8.23. The van der Waals surface area contributed by atoms with E-state index >= 15 is 0 Å². The van der Waals surface area contributed by atoms with Gasteiger partial charge in [0.1, 0.15) is 0 Å². The summed E-state index contributed by atoms with van der Waals surface area (Å²) in [6, 6.07) is 0.595. The summed E-state index contributed by atoms with van der Waals surface area (Å²) in [6.45, 7) is 14.4. The summed E-state index contributed by atoms with van der Waals surface area (Å²) in [6.07, 6.45) is 5.18. The third-order valence-corrected chi connectivity index (χ3v) is 4.15. The van der Waals surface area contributed by atoms with Gasteiger partial charge in [-0.25, -0.2) is 0 Å². The quantitative estimate of drug-likeness (QED) is 0.590. The lowest BCUT2D eigenvalue weighted by Crippen LogP contribution is -2.43. The van der Waals surface area contributed by atoms with Crippen molar-refractivity contribution in [2.75, 3.05) is 39.9 Å². The molecule has 1 aliphatic carbocycles. The summed E-state index contributed by atoms with van der Waals surface area (Å²) in [5, 5.41) is 3.70. The summed E-state index contributed by atoms with van der Waals surface area (Å²) >= 11 is 0. The summed E-state index contributed by atoms with van der Waals surface area (Å²) in [7, 11) is 2.21. The predicted octanol–water partition coefficient (Wildman–Crippen LogP) is 3.15. The number of hydrogen-bond acceptors (Lipinski definition) is 3. The van der Waals surface area contributed by atoms with Gasteiger partial charge in [0.25, 0.3) is 0 Å². The number of nitrogens with zero attached hydrogens (tertiary/aromatic N) is 1. The molecule has 0 bridgehead atoms. The van der Waals surface area contributed by atoms with Gasteiger partial charge in [-0.3, -0.25) is 0 Å². The first-order valence-corrected chi connectivity index (χ1v) is 8.43. The molecule has 1 fully saturated rings. The molecule has 0 heterocycles. The highest BCUT2D eigenvalue weighted by Gasteiger charge is 2.24. The Labute approximate surface area is 126 Å². The molecule has 20 heavy (non-hydrogen) atoms. The Morgan fingerprint density at radius 2 is 1.95 bits per heavy atom. The first kappa shape index (κ1) is 17.9. The van der Waals surface area contributed by atoms with Crippen LogP contribution in [0.25, 0.3) is 0 Å². The van der Waals surface area contributed by atoms with Crippen molar-refractivity contribution >= 4 is 0 Å².